The van der Waals surface area contributed by atoms with E-state index in [0.717, 1.165) is 12.5 Å². The summed E-state index contributed by atoms with van der Waals surface area (Å²) < 4.78 is 2.42. The minimum absolute atomic E-state index is 0.756. The molecule has 2 heteroatoms. The number of rotatable bonds is 8. The highest BCUT2D eigenvalue weighted by Gasteiger charge is 2.07. The molecule has 1 heterocycles. The maximum absolute atomic E-state index is 2.42. The van der Waals surface area contributed by atoms with E-state index in [1.165, 1.54) is 48.7 Å². The number of nitrogens with zero attached hydrogens (tertiary/aromatic N) is 2. The maximum atomic E-state index is 2.42. The molecule has 0 fully saturated rings. The van der Waals surface area contributed by atoms with Gasteiger partial charge in [-0.1, -0.05) is 39.5 Å². The molecule has 0 aliphatic heterocycles. The van der Waals surface area contributed by atoms with Crippen LogP contribution in [0.4, 0.5) is 5.69 Å². The number of unbranched alkanes of at least 4 members (excludes halogenated alkanes) is 3. The molecular weight excluding hydrogens is 256 g/mol. The summed E-state index contributed by atoms with van der Waals surface area (Å²) in [6, 6.07) is 8.99. The number of anilines is 1. The molecular formula is C19H30N2. The van der Waals surface area contributed by atoms with Crippen LogP contribution < -0.4 is 4.90 Å². The van der Waals surface area contributed by atoms with Gasteiger partial charge in [0.2, 0.25) is 0 Å². The first-order chi connectivity index (χ1) is 10.1. The molecule has 0 aliphatic carbocycles. The maximum Gasteiger partial charge on any atom is 0.0481 e. The van der Waals surface area contributed by atoms with Crippen LogP contribution >= 0.6 is 0 Å². The van der Waals surface area contributed by atoms with Gasteiger partial charge in [0, 0.05) is 43.4 Å². The highest BCUT2D eigenvalue weighted by molar-refractivity contribution is 5.83. The molecule has 21 heavy (non-hydrogen) atoms. The average molecular weight is 286 g/mol. The van der Waals surface area contributed by atoms with Crippen LogP contribution in [0, 0.1) is 5.92 Å². The van der Waals surface area contributed by atoms with Gasteiger partial charge in [0.05, 0.1) is 0 Å². The van der Waals surface area contributed by atoms with Crippen molar-refractivity contribution in [2.75, 3.05) is 19.0 Å². The second kappa shape index (κ2) is 7.53. The van der Waals surface area contributed by atoms with Crippen LogP contribution in [-0.4, -0.2) is 18.7 Å². The molecule has 1 aromatic carbocycles. The number of fused-ring (bicyclic) bond motifs is 1. The predicted molar refractivity (Wildman–Crippen MR) is 94.2 cm³/mol. The molecule has 116 valence electrons. The highest BCUT2D eigenvalue weighted by Crippen LogP contribution is 2.23. The van der Waals surface area contributed by atoms with Gasteiger partial charge >= 0.3 is 0 Å². The van der Waals surface area contributed by atoms with E-state index in [2.05, 4.69) is 67.9 Å². The van der Waals surface area contributed by atoms with E-state index < -0.39 is 0 Å². The highest BCUT2D eigenvalue weighted by atomic mass is 15.1. The van der Waals surface area contributed by atoms with Crippen molar-refractivity contribution < 1.29 is 0 Å². The van der Waals surface area contributed by atoms with E-state index in [1.54, 1.807) is 0 Å². The van der Waals surface area contributed by atoms with E-state index in [1.807, 2.05) is 0 Å². The third-order valence-electron chi connectivity index (χ3n) is 4.33. The van der Waals surface area contributed by atoms with Crippen LogP contribution in [0.25, 0.3) is 10.9 Å². The van der Waals surface area contributed by atoms with E-state index in [4.69, 9.17) is 0 Å². The van der Waals surface area contributed by atoms with Gasteiger partial charge in [-0.2, -0.15) is 0 Å². The van der Waals surface area contributed by atoms with E-state index in [0.29, 0.717) is 0 Å². The molecule has 0 saturated carbocycles. The van der Waals surface area contributed by atoms with Gasteiger partial charge in [0.25, 0.3) is 0 Å². The fourth-order valence-electron chi connectivity index (χ4n) is 2.97. The van der Waals surface area contributed by atoms with Crippen molar-refractivity contribution in [3.05, 3.63) is 30.5 Å². The lowest BCUT2D eigenvalue weighted by molar-refractivity contribution is 0.433. The Labute approximate surface area is 129 Å². The zero-order valence-corrected chi connectivity index (χ0v) is 14.1. The van der Waals surface area contributed by atoms with Crippen LogP contribution in [-0.2, 0) is 6.54 Å². The minimum atomic E-state index is 0.756. The molecule has 2 aromatic rings. The molecule has 0 saturated heterocycles. The first-order valence-corrected chi connectivity index (χ1v) is 8.38. The Morgan fingerprint density at radius 3 is 2.62 bits per heavy atom. The van der Waals surface area contributed by atoms with Crippen LogP contribution in [0.5, 0.6) is 0 Å². The third-order valence-corrected chi connectivity index (χ3v) is 4.33. The zero-order valence-electron chi connectivity index (χ0n) is 14.1. The molecule has 1 atom stereocenters. The molecule has 2 nitrogen and oxygen atoms in total. The quantitative estimate of drug-likeness (QED) is 0.597. The van der Waals surface area contributed by atoms with E-state index in [-0.39, 0.29) is 0 Å². The topological polar surface area (TPSA) is 8.17 Å². The van der Waals surface area contributed by atoms with Gasteiger partial charge in [-0.15, -0.1) is 0 Å². The first-order valence-electron chi connectivity index (χ1n) is 8.38. The fraction of sp³-hybridized carbons (Fsp3) is 0.579. The minimum Gasteiger partial charge on any atom is -0.378 e. The summed E-state index contributed by atoms with van der Waals surface area (Å²) >= 11 is 0. The number of aromatic nitrogens is 1. The lowest BCUT2D eigenvalue weighted by Gasteiger charge is -2.15. The van der Waals surface area contributed by atoms with Crippen molar-refractivity contribution in [1.82, 2.24) is 4.57 Å². The summed E-state index contributed by atoms with van der Waals surface area (Å²) in [5.41, 5.74) is 2.63. The molecule has 0 amide bonds. The Bertz CT molecular complexity index is 554. The van der Waals surface area contributed by atoms with E-state index in [9.17, 15) is 0 Å². The monoisotopic (exact) mass is 286 g/mol. The SMILES string of the molecule is CCCCCCC(C)Cn1ccc2cc(N(C)C)ccc21. The molecule has 1 aromatic heterocycles. The van der Waals surface area contributed by atoms with Crippen molar-refractivity contribution in [3.63, 3.8) is 0 Å². The van der Waals surface area contributed by atoms with Crippen molar-refractivity contribution in [1.29, 1.82) is 0 Å². The summed E-state index contributed by atoms with van der Waals surface area (Å²) in [6.07, 6.45) is 9.05. The second-order valence-electron chi connectivity index (χ2n) is 6.56. The van der Waals surface area contributed by atoms with Gasteiger partial charge in [0.1, 0.15) is 0 Å². The molecule has 0 radical (unpaired) electrons. The Hall–Kier alpha value is -1.44. The van der Waals surface area contributed by atoms with Crippen molar-refractivity contribution in [3.8, 4) is 0 Å². The molecule has 1 unspecified atom stereocenters. The first kappa shape index (κ1) is 15.9. The average Bonchev–Trinajstić information content (AvgIpc) is 2.86. The number of hydrogen-bond donors (Lipinski definition) is 0. The standard InChI is InChI=1S/C19H30N2/c1-5-6-7-8-9-16(2)15-21-13-12-17-14-18(20(3)4)10-11-19(17)21/h10-14,16H,5-9,15H2,1-4H3. The summed E-state index contributed by atoms with van der Waals surface area (Å²) in [4.78, 5) is 2.16. The van der Waals surface area contributed by atoms with Crippen LogP contribution in [0.15, 0.2) is 30.5 Å². The van der Waals surface area contributed by atoms with Crippen LogP contribution in [0.2, 0.25) is 0 Å². The van der Waals surface area contributed by atoms with Gasteiger partial charge < -0.3 is 9.47 Å². The fourth-order valence-corrected chi connectivity index (χ4v) is 2.97. The molecule has 2 rings (SSSR count). The van der Waals surface area contributed by atoms with Gasteiger partial charge in [0.15, 0.2) is 0 Å². The Morgan fingerprint density at radius 1 is 1.10 bits per heavy atom. The predicted octanol–water partition coefficient (Wildman–Crippen LogP) is 5.31. The Morgan fingerprint density at radius 2 is 1.90 bits per heavy atom. The number of benzene rings is 1. The summed E-state index contributed by atoms with van der Waals surface area (Å²) in [5, 5.41) is 1.35. The largest absolute Gasteiger partial charge is 0.378 e. The molecule has 0 spiro atoms. The van der Waals surface area contributed by atoms with Gasteiger partial charge in [-0.25, -0.2) is 0 Å². The van der Waals surface area contributed by atoms with Crippen LogP contribution in [0.1, 0.15) is 46.0 Å². The Balaban J connectivity index is 1.99. The van der Waals surface area contributed by atoms with Crippen molar-refractivity contribution in [2.45, 2.75) is 52.5 Å². The number of hydrogen-bond acceptors (Lipinski definition) is 1. The lowest BCUT2D eigenvalue weighted by atomic mass is 10.0. The lowest BCUT2D eigenvalue weighted by Crippen LogP contribution is -2.09. The Kier molecular flexibility index (Phi) is 5.72. The normalized spacial score (nSPS) is 12.8. The zero-order chi connectivity index (χ0) is 15.2. The molecule has 0 N–H and O–H groups in total. The van der Waals surface area contributed by atoms with Crippen molar-refractivity contribution >= 4 is 16.6 Å². The molecule has 0 bridgehead atoms. The van der Waals surface area contributed by atoms with E-state index >= 15 is 0 Å². The summed E-state index contributed by atoms with van der Waals surface area (Å²) in [6.45, 7) is 5.79. The summed E-state index contributed by atoms with van der Waals surface area (Å²) in [5.74, 6) is 0.756. The van der Waals surface area contributed by atoms with Gasteiger partial charge in [-0.3, -0.25) is 0 Å². The smallest absolute Gasteiger partial charge is 0.0481 e. The summed E-state index contributed by atoms with van der Waals surface area (Å²) in [7, 11) is 4.19. The van der Waals surface area contributed by atoms with Crippen LogP contribution in [0.3, 0.4) is 0 Å². The second-order valence-corrected chi connectivity index (χ2v) is 6.56. The van der Waals surface area contributed by atoms with Crippen molar-refractivity contribution in [2.24, 2.45) is 5.92 Å². The third kappa shape index (κ3) is 4.26. The molecule has 0 aliphatic rings. The van der Waals surface area contributed by atoms with Gasteiger partial charge in [-0.05, 0) is 36.6 Å².